The Morgan fingerprint density at radius 2 is 1.62 bits per heavy atom. The van der Waals surface area contributed by atoms with E-state index in [1.165, 1.54) is 0 Å². The van der Waals surface area contributed by atoms with Gasteiger partial charge in [-0.15, -0.1) is 0 Å². The highest BCUT2D eigenvalue weighted by Crippen LogP contribution is 2.26. The van der Waals surface area contributed by atoms with Gasteiger partial charge in [-0.05, 0) is 67.4 Å². The van der Waals surface area contributed by atoms with Crippen LogP contribution in [0.15, 0.2) is 95.8 Å². The second kappa shape index (κ2) is 10.4. The molecule has 1 heterocycles. The Morgan fingerprint density at radius 3 is 2.38 bits per heavy atom. The molecule has 0 aliphatic carbocycles. The summed E-state index contributed by atoms with van der Waals surface area (Å²) in [5.74, 6) is 0.490. The molecule has 1 atom stereocenters. The van der Waals surface area contributed by atoms with Crippen molar-refractivity contribution in [3.8, 4) is 5.69 Å². The Bertz CT molecular complexity index is 1640. The average Bonchev–Trinajstić information content (AvgIpc) is 2.93. The highest BCUT2D eigenvalue weighted by Gasteiger charge is 2.27. The standard InChI is InChI=1S/C32H31N3O2/c1-4-5-20-34(31(36)25-16-14-22(2)15-17-25)23(3)30-33-29-13-9-8-12-28(29)32(37)35(30)27-19-18-24-10-6-7-11-26(24)21-27/h6-19,21,23H,4-5,20H2,1-3H3. The van der Waals surface area contributed by atoms with E-state index in [9.17, 15) is 9.59 Å². The van der Waals surface area contributed by atoms with Crippen molar-refractivity contribution in [2.75, 3.05) is 6.54 Å². The Balaban J connectivity index is 1.70. The van der Waals surface area contributed by atoms with Gasteiger partial charge in [0.15, 0.2) is 0 Å². The fourth-order valence-electron chi connectivity index (χ4n) is 4.80. The first-order chi connectivity index (χ1) is 18.0. The number of nitrogens with zero attached hydrogens (tertiary/aromatic N) is 3. The topological polar surface area (TPSA) is 55.2 Å². The van der Waals surface area contributed by atoms with Gasteiger partial charge < -0.3 is 4.90 Å². The molecule has 0 N–H and O–H groups in total. The van der Waals surface area contributed by atoms with Crippen LogP contribution in [-0.4, -0.2) is 26.9 Å². The number of aromatic nitrogens is 2. The summed E-state index contributed by atoms with van der Waals surface area (Å²) < 4.78 is 1.68. The van der Waals surface area contributed by atoms with Crippen LogP contribution in [0.3, 0.4) is 0 Å². The second-order valence-electron chi connectivity index (χ2n) is 9.55. The highest BCUT2D eigenvalue weighted by atomic mass is 16.2. The van der Waals surface area contributed by atoms with Crippen molar-refractivity contribution >= 4 is 27.6 Å². The zero-order valence-corrected chi connectivity index (χ0v) is 21.5. The molecule has 0 spiro atoms. The summed E-state index contributed by atoms with van der Waals surface area (Å²) in [6.07, 6.45) is 1.81. The van der Waals surface area contributed by atoms with Crippen molar-refractivity contribution < 1.29 is 4.79 Å². The lowest BCUT2D eigenvalue weighted by atomic mass is 10.1. The summed E-state index contributed by atoms with van der Waals surface area (Å²) in [5.41, 5.74) is 2.97. The number of fused-ring (bicyclic) bond motifs is 2. The van der Waals surface area contributed by atoms with Gasteiger partial charge in [0.05, 0.1) is 22.6 Å². The van der Waals surface area contributed by atoms with Crippen LogP contribution in [0, 0.1) is 6.92 Å². The molecule has 0 bridgehead atoms. The van der Waals surface area contributed by atoms with Crippen molar-refractivity contribution in [1.82, 2.24) is 14.5 Å². The van der Waals surface area contributed by atoms with Crippen molar-refractivity contribution in [2.45, 2.75) is 39.7 Å². The Kier molecular flexibility index (Phi) is 6.87. The quantitative estimate of drug-likeness (QED) is 0.251. The summed E-state index contributed by atoms with van der Waals surface area (Å²) in [6.45, 7) is 6.66. The molecule has 5 heteroatoms. The van der Waals surface area contributed by atoms with E-state index in [1.807, 2.05) is 104 Å². The minimum absolute atomic E-state index is 0.0616. The van der Waals surface area contributed by atoms with E-state index in [0.717, 1.165) is 34.9 Å². The summed E-state index contributed by atoms with van der Waals surface area (Å²) in [6, 6.07) is 28.7. The minimum Gasteiger partial charge on any atom is -0.329 e. The van der Waals surface area contributed by atoms with Crippen LogP contribution in [0.1, 0.15) is 54.5 Å². The molecule has 0 fully saturated rings. The van der Waals surface area contributed by atoms with Gasteiger partial charge in [0.2, 0.25) is 0 Å². The van der Waals surface area contributed by atoms with Crippen molar-refractivity contribution in [3.05, 3.63) is 118 Å². The predicted octanol–water partition coefficient (Wildman–Crippen LogP) is 6.85. The van der Waals surface area contributed by atoms with Gasteiger partial charge in [0, 0.05) is 12.1 Å². The van der Waals surface area contributed by atoms with Crippen LogP contribution >= 0.6 is 0 Å². The molecule has 1 amide bonds. The third kappa shape index (κ3) is 4.77. The summed E-state index contributed by atoms with van der Waals surface area (Å²) in [5, 5.41) is 2.69. The van der Waals surface area contributed by atoms with Crippen LogP contribution in [-0.2, 0) is 0 Å². The molecular weight excluding hydrogens is 458 g/mol. The van der Waals surface area contributed by atoms with E-state index in [0.29, 0.717) is 28.8 Å². The van der Waals surface area contributed by atoms with Crippen LogP contribution in [0.2, 0.25) is 0 Å². The molecule has 0 saturated carbocycles. The number of hydrogen-bond donors (Lipinski definition) is 0. The number of carbonyl (C=O) groups is 1. The molecular formula is C32H31N3O2. The van der Waals surface area contributed by atoms with Gasteiger partial charge in [0.25, 0.3) is 11.5 Å². The lowest BCUT2D eigenvalue weighted by Gasteiger charge is -2.31. The van der Waals surface area contributed by atoms with E-state index in [-0.39, 0.29) is 11.5 Å². The molecule has 5 rings (SSSR count). The van der Waals surface area contributed by atoms with Gasteiger partial charge in [-0.1, -0.05) is 73.5 Å². The number of aryl methyl sites for hydroxylation is 1. The molecule has 0 aliphatic rings. The number of amides is 1. The zero-order valence-electron chi connectivity index (χ0n) is 21.5. The van der Waals surface area contributed by atoms with Crippen LogP contribution in [0.4, 0.5) is 0 Å². The number of hydrogen-bond acceptors (Lipinski definition) is 3. The number of benzene rings is 4. The largest absolute Gasteiger partial charge is 0.329 e. The summed E-state index contributed by atoms with van der Waals surface area (Å²) in [7, 11) is 0. The maximum absolute atomic E-state index is 13.9. The average molecular weight is 490 g/mol. The van der Waals surface area contributed by atoms with Gasteiger partial charge in [0.1, 0.15) is 5.82 Å². The Hall–Kier alpha value is -4.25. The van der Waals surface area contributed by atoms with Crippen molar-refractivity contribution in [3.63, 3.8) is 0 Å². The van der Waals surface area contributed by atoms with Crippen molar-refractivity contribution in [2.24, 2.45) is 0 Å². The maximum Gasteiger partial charge on any atom is 0.266 e. The monoisotopic (exact) mass is 489 g/mol. The summed E-state index contributed by atoms with van der Waals surface area (Å²) >= 11 is 0. The summed E-state index contributed by atoms with van der Waals surface area (Å²) in [4.78, 5) is 34.5. The van der Waals surface area contributed by atoms with Crippen LogP contribution < -0.4 is 5.56 Å². The smallest absolute Gasteiger partial charge is 0.266 e. The third-order valence-electron chi connectivity index (χ3n) is 6.95. The number of rotatable bonds is 7. The first kappa shape index (κ1) is 24.4. The molecule has 4 aromatic carbocycles. The molecule has 0 radical (unpaired) electrons. The van der Waals surface area contributed by atoms with E-state index >= 15 is 0 Å². The van der Waals surface area contributed by atoms with E-state index in [4.69, 9.17) is 4.98 Å². The van der Waals surface area contributed by atoms with Crippen molar-refractivity contribution in [1.29, 1.82) is 0 Å². The van der Waals surface area contributed by atoms with Gasteiger partial charge in [-0.2, -0.15) is 0 Å². The molecule has 37 heavy (non-hydrogen) atoms. The molecule has 5 nitrogen and oxygen atoms in total. The van der Waals surface area contributed by atoms with Crippen LogP contribution in [0.25, 0.3) is 27.4 Å². The second-order valence-corrected chi connectivity index (χ2v) is 9.55. The Labute approximate surface area is 217 Å². The highest BCUT2D eigenvalue weighted by molar-refractivity contribution is 5.94. The number of unbranched alkanes of at least 4 members (excludes halogenated alkanes) is 1. The fraction of sp³-hybridized carbons (Fsp3) is 0.219. The molecule has 1 aromatic heterocycles. The Morgan fingerprint density at radius 1 is 0.919 bits per heavy atom. The van der Waals surface area contributed by atoms with E-state index in [2.05, 4.69) is 13.0 Å². The minimum atomic E-state index is -0.427. The maximum atomic E-state index is 13.9. The van der Waals surface area contributed by atoms with E-state index < -0.39 is 6.04 Å². The normalized spacial score (nSPS) is 12.1. The van der Waals surface area contributed by atoms with Crippen LogP contribution in [0.5, 0.6) is 0 Å². The molecule has 5 aromatic rings. The predicted molar refractivity (Wildman–Crippen MR) is 150 cm³/mol. The third-order valence-corrected chi connectivity index (χ3v) is 6.95. The molecule has 0 saturated heterocycles. The zero-order chi connectivity index (χ0) is 25.9. The van der Waals surface area contributed by atoms with E-state index in [1.54, 1.807) is 4.57 Å². The van der Waals surface area contributed by atoms with Gasteiger partial charge in [-0.25, -0.2) is 4.98 Å². The van der Waals surface area contributed by atoms with Gasteiger partial charge >= 0.3 is 0 Å². The SMILES string of the molecule is CCCCN(C(=O)c1ccc(C)cc1)C(C)c1nc2ccccc2c(=O)n1-c1ccc2ccccc2c1. The molecule has 1 unspecified atom stereocenters. The first-order valence-corrected chi connectivity index (χ1v) is 12.9. The molecule has 0 aliphatic heterocycles. The first-order valence-electron chi connectivity index (χ1n) is 12.9. The number of carbonyl (C=O) groups excluding carboxylic acids is 1. The lowest BCUT2D eigenvalue weighted by molar-refractivity contribution is 0.0678. The number of para-hydroxylation sites is 1. The fourth-order valence-corrected chi connectivity index (χ4v) is 4.80. The lowest BCUT2D eigenvalue weighted by Crippen LogP contribution is -2.38. The molecule has 186 valence electrons. The van der Waals surface area contributed by atoms with Gasteiger partial charge in [-0.3, -0.25) is 14.2 Å².